The Morgan fingerprint density at radius 1 is 1.50 bits per heavy atom. The van der Waals surface area contributed by atoms with E-state index in [1.165, 1.54) is 0 Å². The number of rotatable bonds is 4. The van der Waals surface area contributed by atoms with Crippen molar-refractivity contribution in [3.8, 4) is 17.5 Å². The van der Waals surface area contributed by atoms with Crippen molar-refractivity contribution in [3.63, 3.8) is 0 Å². The van der Waals surface area contributed by atoms with Crippen molar-refractivity contribution in [3.05, 3.63) is 23.0 Å². The molecule has 0 unspecified atom stereocenters. The van der Waals surface area contributed by atoms with Crippen LogP contribution in [-0.4, -0.2) is 19.6 Å². The molecular weight excluding hydrogens is 250 g/mol. The van der Waals surface area contributed by atoms with Gasteiger partial charge in [-0.3, -0.25) is 9.36 Å². The van der Waals surface area contributed by atoms with E-state index in [-0.39, 0.29) is 0 Å². The lowest BCUT2D eigenvalue weighted by Gasteiger charge is -2.00. The van der Waals surface area contributed by atoms with Gasteiger partial charge >= 0.3 is 0 Å². The third kappa shape index (κ3) is 2.12. The number of hydrogen-bond acceptors (Lipinski definition) is 3. The fraction of sp³-hybridized carbons (Fsp3) is 0.417. The molecule has 2 rings (SSSR count). The van der Waals surface area contributed by atoms with Crippen molar-refractivity contribution in [1.29, 1.82) is 5.26 Å². The topological polar surface area (TPSA) is 59.4 Å². The second-order valence-electron chi connectivity index (χ2n) is 4.04. The Bertz CT molecular complexity index is 590. The highest BCUT2D eigenvalue weighted by atomic mass is 35.5. The first-order valence-electron chi connectivity index (χ1n) is 5.83. The van der Waals surface area contributed by atoms with Crippen LogP contribution in [-0.2, 0) is 13.6 Å². The summed E-state index contributed by atoms with van der Waals surface area (Å²) in [4.78, 5) is 0. The standard InChI is InChI=1S/C12H14ClN5/c1-3-4-7-18-12(13)9(8-14)11(16-18)10-5-6-15-17(10)2/h5-6H,3-4,7H2,1-2H3. The quantitative estimate of drug-likeness (QED) is 0.852. The molecule has 5 nitrogen and oxygen atoms in total. The summed E-state index contributed by atoms with van der Waals surface area (Å²) < 4.78 is 3.37. The van der Waals surface area contributed by atoms with Crippen molar-refractivity contribution in [1.82, 2.24) is 19.6 Å². The van der Waals surface area contributed by atoms with Gasteiger partial charge in [-0.1, -0.05) is 24.9 Å². The Balaban J connectivity index is 2.49. The fourth-order valence-electron chi connectivity index (χ4n) is 1.78. The molecule has 0 amide bonds. The van der Waals surface area contributed by atoms with E-state index in [0.717, 1.165) is 25.1 Å². The molecule has 0 spiro atoms. The molecule has 0 N–H and O–H groups in total. The first kappa shape index (κ1) is 12.7. The lowest BCUT2D eigenvalue weighted by Crippen LogP contribution is -2.00. The van der Waals surface area contributed by atoms with Crippen LogP contribution in [0.2, 0.25) is 5.15 Å². The van der Waals surface area contributed by atoms with E-state index in [1.54, 1.807) is 15.6 Å². The van der Waals surface area contributed by atoms with Crippen molar-refractivity contribution in [2.75, 3.05) is 0 Å². The summed E-state index contributed by atoms with van der Waals surface area (Å²) in [5.41, 5.74) is 1.80. The minimum absolute atomic E-state index is 0.405. The number of aromatic nitrogens is 4. The fourth-order valence-corrected chi connectivity index (χ4v) is 2.04. The number of aryl methyl sites for hydroxylation is 2. The van der Waals surface area contributed by atoms with E-state index in [0.29, 0.717) is 16.4 Å². The molecule has 0 bridgehead atoms. The minimum Gasteiger partial charge on any atom is -0.266 e. The van der Waals surface area contributed by atoms with Crippen LogP contribution in [0.25, 0.3) is 11.4 Å². The molecule has 0 fully saturated rings. The largest absolute Gasteiger partial charge is 0.266 e. The van der Waals surface area contributed by atoms with Gasteiger partial charge < -0.3 is 0 Å². The monoisotopic (exact) mass is 263 g/mol. The summed E-state index contributed by atoms with van der Waals surface area (Å²) in [6.45, 7) is 2.83. The summed E-state index contributed by atoms with van der Waals surface area (Å²) in [5, 5.41) is 18.1. The predicted octanol–water partition coefficient (Wildman–Crippen LogP) is 2.61. The van der Waals surface area contributed by atoms with Gasteiger partial charge in [-0.15, -0.1) is 0 Å². The summed E-state index contributed by atoms with van der Waals surface area (Å²) in [7, 11) is 1.81. The van der Waals surface area contributed by atoms with Gasteiger partial charge in [-0.25, -0.2) is 0 Å². The molecule has 0 aromatic carbocycles. The van der Waals surface area contributed by atoms with Gasteiger partial charge in [0, 0.05) is 19.8 Å². The van der Waals surface area contributed by atoms with Crippen molar-refractivity contribution >= 4 is 11.6 Å². The summed E-state index contributed by atoms with van der Waals surface area (Å²) in [6.07, 6.45) is 3.71. The van der Waals surface area contributed by atoms with E-state index in [9.17, 15) is 5.26 Å². The summed E-state index contributed by atoms with van der Waals surface area (Å²) in [6, 6.07) is 3.94. The highest BCUT2D eigenvalue weighted by Gasteiger charge is 2.19. The maximum Gasteiger partial charge on any atom is 0.145 e. The van der Waals surface area contributed by atoms with Gasteiger partial charge in [0.1, 0.15) is 22.5 Å². The lowest BCUT2D eigenvalue weighted by molar-refractivity contribution is 0.573. The molecule has 0 radical (unpaired) electrons. The zero-order chi connectivity index (χ0) is 13.1. The number of nitrogens with zero attached hydrogens (tertiary/aromatic N) is 5. The number of unbranched alkanes of at least 4 members (excludes halogenated alkanes) is 1. The predicted molar refractivity (Wildman–Crippen MR) is 69.1 cm³/mol. The van der Waals surface area contributed by atoms with Crippen molar-refractivity contribution in [2.45, 2.75) is 26.3 Å². The maximum absolute atomic E-state index is 9.21. The number of hydrogen-bond donors (Lipinski definition) is 0. The molecule has 2 aromatic heterocycles. The molecule has 0 saturated heterocycles. The zero-order valence-electron chi connectivity index (χ0n) is 10.4. The molecule has 18 heavy (non-hydrogen) atoms. The first-order chi connectivity index (χ1) is 8.69. The average molecular weight is 264 g/mol. The highest BCUT2D eigenvalue weighted by molar-refractivity contribution is 6.31. The third-order valence-electron chi connectivity index (χ3n) is 2.79. The second kappa shape index (κ2) is 5.23. The molecule has 0 saturated carbocycles. The van der Waals surface area contributed by atoms with Gasteiger partial charge in [0.15, 0.2) is 0 Å². The number of nitriles is 1. The summed E-state index contributed by atoms with van der Waals surface area (Å²) in [5.74, 6) is 0. The molecule has 2 aromatic rings. The molecular formula is C12H14ClN5. The van der Waals surface area contributed by atoms with Gasteiger partial charge in [-0.05, 0) is 12.5 Å². The highest BCUT2D eigenvalue weighted by Crippen LogP contribution is 2.27. The van der Waals surface area contributed by atoms with E-state index >= 15 is 0 Å². The van der Waals surface area contributed by atoms with E-state index in [1.807, 2.05) is 13.1 Å². The Morgan fingerprint density at radius 2 is 2.28 bits per heavy atom. The van der Waals surface area contributed by atoms with Crippen LogP contribution in [0.1, 0.15) is 25.3 Å². The van der Waals surface area contributed by atoms with Crippen LogP contribution in [0.4, 0.5) is 0 Å². The van der Waals surface area contributed by atoms with Gasteiger partial charge in [0.05, 0.1) is 5.69 Å². The molecule has 6 heteroatoms. The first-order valence-corrected chi connectivity index (χ1v) is 6.21. The Morgan fingerprint density at radius 3 is 2.83 bits per heavy atom. The van der Waals surface area contributed by atoms with E-state index < -0.39 is 0 Å². The normalized spacial score (nSPS) is 10.6. The van der Waals surface area contributed by atoms with Crippen LogP contribution >= 0.6 is 11.6 Å². The van der Waals surface area contributed by atoms with E-state index in [2.05, 4.69) is 23.2 Å². The smallest absolute Gasteiger partial charge is 0.145 e. The minimum atomic E-state index is 0.405. The van der Waals surface area contributed by atoms with Gasteiger partial charge in [0.25, 0.3) is 0 Å². The van der Waals surface area contributed by atoms with E-state index in [4.69, 9.17) is 11.6 Å². The Labute approximate surface area is 111 Å². The molecule has 0 aliphatic heterocycles. The Kier molecular flexibility index (Phi) is 3.68. The molecule has 2 heterocycles. The van der Waals surface area contributed by atoms with Crippen LogP contribution in [0.3, 0.4) is 0 Å². The van der Waals surface area contributed by atoms with Crippen molar-refractivity contribution < 1.29 is 0 Å². The van der Waals surface area contributed by atoms with Crippen LogP contribution in [0.15, 0.2) is 12.3 Å². The average Bonchev–Trinajstić information content (AvgIpc) is 2.90. The molecule has 0 atom stereocenters. The molecule has 0 aliphatic rings. The number of halogens is 1. The van der Waals surface area contributed by atoms with Crippen molar-refractivity contribution in [2.24, 2.45) is 7.05 Å². The van der Waals surface area contributed by atoms with Gasteiger partial charge in [0.2, 0.25) is 0 Å². The Hall–Kier alpha value is -1.80. The zero-order valence-corrected chi connectivity index (χ0v) is 11.1. The van der Waals surface area contributed by atoms with Crippen LogP contribution in [0.5, 0.6) is 0 Å². The summed E-state index contributed by atoms with van der Waals surface area (Å²) >= 11 is 6.18. The van der Waals surface area contributed by atoms with Crippen LogP contribution in [0, 0.1) is 11.3 Å². The SMILES string of the molecule is CCCCn1nc(-c2ccnn2C)c(C#N)c1Cl. The maximum atomic E-state index is 9.21. The molecule has 0 aliphatic carbocycles. The third-order valence-corrected chi connectivity index (χ3v) is 3.17. The second-order valence-corrected chi connectivity index (χ2v) is 4.40. The lowest BCUT2D eigenvalue weighted by atomic mass is 10.2. The van der Waals surface area contributed by atoms with Crippen LogP contribution < -0.4 is 0 Å². The van der Waals surface area contributed by atoms with Gasteiger partial charge in [-0.2, -0.15) is 15.5 Å². The molecule has 94 valence electrons.